The Morgan fingerprint density at radius 2 is 2.00 bits per heavy atom. The van der Waals surface area contributed by atoms with Crippen LogP contribution in [0.25, 0.3) is 0 Å². The Balaban J connectivity index is 2.03. The Morgan fingerprint density at radius 3 is 2.56 bits per heavy atom. The maximum Gasteiger partial charge on any atom is 0.219 e. The summed E-state index contributed by atoms with van der Waals surface area (Å²) in [5.41, 5.74) is 5.02. The van der Waals surface area contributed by atoms with Crippen LogP contribution in [0.5, 0.6) is 0 Å². The van der Waals surface area contributed by atoms with Crippen LogP contribution in [-0.2, 0) is 13.0 Å². The molecule has 0 aliphatic carbocycles. The van der Waals surface area contributed by atoms with E-state index in [1.165, 1.54) is 22.6 Å². The van der Waals surface area contributed by atoms with Crippen molar-refractivity contribution in [3.05, 3.63) is 34.8 Å². The molecule has 0 spiro atoms. The number of aromatic nitrogens is 2. The Labute approximate surface area is 111 Å². The zero-order valence-corrected chi connectivity index (χ0v) is 11.4. The van der Waals surface area contributed by atoms with Gasteiger partial charge in [-0.2, -0.15) is 0 Å². The lowest BCUT2D eigenvalue weighted by molar-refractivity contribution is 0.880. The monoisotopic (exact) mass is 263 g/mol. The van der Waals surface area contributed by atoms with E-state index in [4.69, 9.17) is 5.84 Å². The summed E-state index contributed by atoms with van der Waals surface area (Å²) < 4.78 is 0. The van der Waals surface area contributed by atoms with Crippen molar-refractivity contribution in [1.82, 2.24) is 10.2 Å². The molecule has 3 N–H and O–H groups in total. The van der Waals surface area contributed by atoms with Crippen molar-refractivity contribution < 1.29 is 0 Å². The van der Waals surface area contributed by atoms with E-state index in [1.54, 1.807) is 0 Å². The van der Waals surface area contributed by atoms with Crippen molar-refractivity contribution in [3.8, 4) is 0 Å². The predicted molar refractivity (Wildman–Crippen MR) is 75.6 cm³/mol. The quantitative estimate of drug-likeness (QED) is 0.638. The zero-order chi connectivity index (χ0) is 13.0. The third-order valence-electron chi connectivity index (χ3n) is 2.75. The van der Waals surface area contributed by atoms with E-state index in [2.05, 4.69) is 51.7 Å². The van der Waals surface area contributed by atoms with Gasteiger partial charge in [0.2, 0.25) is 5.13 Å². The Bertz CT molecular complexity index is 493. The number of nitrogens with zero attached hydrogens (tertiary/aromatic N) is 3. The Hall–Kier alpha value is -1.66. The molecule has 0 radical (unpaired) electrons. The van der Waals surface area contributed by atoms with Gasteiger partial charge in [0.1, 0.15) is 5.01 Å². The van der Waals surface area contributed by atoms with Gasteiger partial charge in [0, 0.05) is 12.7 Å². The molecule has 0 unspecified atom stereocenters. The molecule has 0 amide bonds. The van der Waals surface area contributed by atoms with Crippen LogP contribution in [-0.4, -0.2) is 17.2 Å². The number of nitrogens with one attached hydrogen (secondary N) is 1. The van der Waals surface area contributed by atoms with Crippen LogP contribution < -0.4 is 16.2 Å². The highest BCUT2D eigenvalue weighted by Gasteiger charge is 2.07. The molecule has 2 rings (SSSR count). The number of rotatable bonds is 5. The molecule has 18 heavy (non-hydrogen) atoms. The van der Waals surface area contributed by atoms with Crippen LogP contribution in [0.2, 0.25) is 0 Å². The molecule has 2 aromatic rings. The van der Waals surface area contributed by atoms with Crippen LogP contribution in [0.4, 0.5) is 10.8 Å². The summed E-state index contributed by atoms with van der Waals surface area (Å²) in [4.78, 5) is 2.14. The second kappa shape index (κ2) is 5.79. The molecule has 0 bridgehead atoms. The van der Waals surface area contributed by atoms with E-state index >= 15 is 0 Å². The van der Waals surface area contributed by atoms with E-state index in [-0.39, 0.29) is 0 Å². The third-order valence-corrected chi connectivity index (χ3v) is 3.59. The molecule has 0 aliphatic rings. The maximum atomic E-state index is 5.28. The number of nitrogen functional groups attached to an aromatic ring is 1. The normalized spacial score (nSPS) is 10.4. The number of benzene rings is 1. The number of anilines is 2. The average Bonchev–Trinajstić information content (AvgIpc) is 2.86. The predicted octanol–water partition coefficient (Wildman–Crippen LogP) is 2.02. The van der Waals surface area contributed by atoms with Crippen molar-refractivity contribution >= 4 is 22.2 Å². The summed E-state index contributed by atoms with van der Waals surface area (Å²) in [6.45, 7) is 2.88. The minimum atomic E-state index is 0.639. The molecule has 0 saturated carbocycles. The minimum absolute atomic E-state index is 0.639. The number of hydrogen-bond donors (Lipinski definition) is 2. The van der Waals surface area contributed by atoms with Gasteiger partial charge in [-0.3, -0.25) is 5.43 Å². The van der Waals surface area contributed by atoms with Gasteiger partial charge in [-0.05, 0) is 24.1 Å². The minimum Gasteiger partial charge on any atom is -0.368 e. The van der Waals surface area contributed by atoms with Crippen LogP contribution in [0, 0.1) is 0 Å². The van der Waals surface area contributed by atoms with Gasteiger partial charge in [-0.1, -0.05) is 30.4 Å². The van der Waals surface area contributed by atoms with E-state index in [9.17, 15) is 0 Å². The van der Waals surface area contributed by atoms with Crippen molar-refractivity contribution in [2.45, 2.75) is 19.9 Å². The van der Waals surface area contributed by atoms with E-state index in [0.29, 0.717) is 5.13 Å². The van der Waals surface area contributed by atoms with Crippen molar-refractivity contribution in [2.75, 3.05) is 17.4 Å². The molecule has 1 aromatic heterocycles. The van der Waals surface area contributed by atoms with Gasteiger partial charge in [0.15, 0.2) is 0 Å². The molecule has 0 aliphatic heterocycles. The lowest BCUT2D eigenvalue weighted by Gasteiger charge is -2.17. The summed E-state index contributed by atoms with van der Waals surface area (Å²) in [6, 6.07) is 8.56. The second-order valence-corrected chi connectivity index (χ2v) is 5.08. The lowest BCUT2D eigenvalue weighted by Crippen LogP contribution is -2.16. The third kappa shape index (κ3) is 2.96. The molecule has 0 saturated heterocycles. The highest BCUT2D eigenvalue weighted by atomic mass is 32.1. The summed E-state index contributed by atoms with van der Waals surface area (Å²) in [5, 5.41) is 9.56. The van der Waals surface area contributed by atoms with E-state index < -0.39 is 0 Å². The number of hydrazine groups is 1. The second-order valence-electron chi connectivity index (χ2n) is 4.02. The molecule has 1 aromatic carbocycles. The number of nitrogens with two attached hydrogens (primary N) is 1. The summed E-state index contributed by atoms with van der Waals surface area (Å²) in [6.07, 6.45) is 1.06. The fourth-order valence-corrected chi connectivity index (χ4v) is 2.36. The molecule has 0 fully saturated rings. The van der Waals surface area contributed by atoms with E-state index in [0.717, 1.165) is 18.0 Å². The van der Waals surface area contributed by atoms with Crippen molar-refractivity contribution in [2.24, 2.45) is 5.84 Å². The van der Waals surface area contributed by atoms with Crippen LogP contribution in [0.15, 0.2) is 24.3 Å². The van der Waals surface area contributed by atoms with Crippen LogP contribution in [0.3, 0.4) is 0 Å². The number of aryl methyl sites for hydroxylation is 1. The molecule has 6 heteroatoms. The van der Waals surface area contributed by atoms with Gasteiger partial charge in [-0.15, -0.1) is 10.2 Å². The molecule has 96 valence electrons. The molecule has 1 heterocycles. The highest BCUT2D eigenvalue weighted by Crippen LogP contribution is 2.20. The Morgan fingerprint density at radius 1 is 1.28 bits per heavy atom. The van der Waals surface area contributed by atoms with Gasteiger partial charge in [0.25, 0.3) is 0 Å². The number of hydrogen-bond acceptors (Lipinski definition) is 6. The van der Waals surface area contributed by atoms with Crippen molar-refractivity contribution in [1.29, 1.82) is 0 Å². The van der Waals surface area contributed by atoms with Gasteiger partial charge in [0.05, 0.1) is 6.54 Å². The molecular weight excluding hydrogens is 246 g/mol. The average molecular weight is 263 g/mol. The first kappa shape index (κ1) is 12.8. The summed E-state index contributed by atoms with van der Waals surface area (Å²) in [5.74, 6) is 5.28. The Kier molecular flexibility index (Phi) is 4.11. The van der Waals surface area contributed by atoms with Crippen molar-refractivity contribution in [3.63, 3.8) is 0 Å². The first-order chi connectivity index (χ1) is 8.72. The van der Waals surface area contributed by atoms with Gasteiger partial charge in [-0.25, -0.2) is 5.84 Å². The first-order valence-electron chi connectivity index (χ1n) is 5.82. The van der Waals surface area contributed by atoms with Gasteiger partial charge < -0.3 is 4.90 Å². The topological polar surface area (TPSA) is 67.1 Å². The maximum absolute atomic E-state index is 5.28. The SMILES string of the molecule is CCc1ccc(N(C)Cc2nnc(NN)s2)cc1. The first-order valence-corrected chi connectivity index (χ1v) is 6.63. The fraction of sp³-hybridized carbons (Fsp3) is 0.333. The lowest BCUT2D eigenvalue weighted by atomic mass is 10.1. The fourth-order valence-electron chi connectivity index (χ4n) is 1.66. The standard InChI is InChI=1S/C12H17N5S/c1-3-9-4-6-10(7-5-9)17(2)8-11-15-16-12(14-13)18-11/h4-7H,3,8,13H2,1-2H3,(H,14,16). The largest absolute Gasteiger partial charge is 0.368 e. The van der Waals surface area contributed by atoms with E-state index in [1.807, 2.05) is 7.05 Å². The molecule has 5 nitrogen and oxygen atoms in total. The summed E-state index contributed by atoms with van der Waals surface area (Å²) in [7, 11) is 2.04. The smallest absolute Gasteiger partial charge is 0.219 e. The van der Waals surface area contributed by atoms with Crippen LogP contribution >= 0.6 is 11.3 Å². The molecular formula is C12H17N5S. The highest BCUT2D eigenvalue weighted by molar-refractivity contribution is 7.15. The summed E-state index contributed by atoms with van der Waals surface area (Å²) >= 11 is 1.46. The zero-order valence-electron chi connectivity index (χ0n) is 10.6. The van der Waals surface area contributed by atoms with Gasteiger partial charge >= 0.3 is 0 Å². The molecule has 0 atom stereocenters. The van der Waals surface area contributed by atoms with Crippen LogP contribution in [0.1, 0.15) is 17.5 Å².